The first-order chi connectivity index (χ1) is 18.4. The summed E-state index contributed by atoms with van der Waals surface area (Å²) in [5, 5.41) is 19.7. The molecule has 3 aromatic rings. The number of pyridine rings is 1. The van der Waals surface area contributed by atoms with Gasteiger partial charge in [-0.15, -0.1) is 10.2 Å². The number of nitrogens with zero attached hydrogens (tertiary/aromatic N) is 5. The summed E-state index contributed by atoms with van der Waals surface area (Å²) in [6.07, 6.45) is 5.16. The molecule has 0 radical (unpaired) electrons. The van der Waals surface area contributed by atoms with Crippen LogP contribution in [0.15, 0.2) is 36.7 Å². The van der Waals surface area contributed by atoms with Crippen LogP contribution in [0, 0.1) is 12.8 Å². The monoisotopic (exact) mass is 573 g/mol. The molecule has 10 nitrogen and oxygen atoms in total. The van der Waals surface area contributed by atoms with Crippen LogP contribution >= 0.6 is 0 Å². The van der Waals surface area contributed by atoms with Crippen molar-refractivity contribution in [1.29, 1.82) is 0 Å². The van der Waals surface area contributed by atoms with Gasteiger partial charge < -0.3 is 14.6 Å². The lowest BCUT2D eigenvalue weighted by Gasteiger charge is -2.32. The van der Waals surface area contributed by atoms with E-state index in [9.17, 15) is 13.5 Å². The molecular formula is C27H39N5O5SSi. The average molecular weight is 574 g/mol. The molecule has 4 rings (SSSR count). The quantitative estimate of drug-likeness (QED) is 0.319. The molecule has 0 saturated heterocycles. The van der Waals surface area contributed by atoms with Crippen molar-refractivity contribution in [3.8, 4) is 28.6 Å². The van der Waals surface area contributed by atoms with E-state index in [1.54, 1.807) is 49.4 Å². The number of aliphatic hydroxyl groups excluding tert-OH is 1. The first-order valence-electron chi connectivity index (χ1n) is 13.2. The van der Waals surface area contributed by atoms with E-state index in [-0.39, 0.29) is 24.2 Å². The molecule has 0 bridgehead atoms. The smallest absolute Gasteiger partial charge is 0.246 e. The van der Waals surface area contributed by atoms with Gasteiger partial charge in [-0.1, -0.05) is 32.1 Å². The van der Waals surface area contributed by atoms with Gasteiger partial charge in [0.15, 0.2) is 5.82 Å². The third kappa shape index (κ3) is 6.44. The van der Waals surface area contributed by atoms with E-state index in [4.69, 9.17) is 9.47 Å². The number of ether oxygens (including phenoxy) is 2. The second kappa shape index (κ2) is 11.6. The Bertz CT molecular complexity index is 1380. The summed E-state index contributed by atoms with van der Waals surface area (Å²) in [4.78, 5) is 4.32. The molecule has 12 heteroatoms. The summed E-state index contributed by atoms with van der Waals surface area (Å²) >= 11 is 0. The highest BCUT2D eigenvalue weighted by molar-refractivity contribution is 7.92. The summed E-state index contributed by atoms with van der Waals surface area (Å²) in [5.74, 6) is 1.08. The van der Waals surface area contributed by atoms with E-state index in [1.165, 1.54) is 4.31 Å². The molecule has 1 fully saturated rings. The van der Waals surface area contributed by atoms with Gasteiger partial charge in [0.1, 0.15) is 17.2 Å². The molecule has 39 heavy (non-hydrogen) atoms. The van der Waals surface area contributed by atoms with Crippen LogP contribution in [-0.2, 0) is 10.0 Å². The molecule has 2 aromatic heterocycles. The maximum absolute atomic E-state index is 14.0. The van der Waals surface area contributed by atoms with E-state index >= 15 is 0 Å². The van der Waals surface area contributed by atoms with Crippen LogP contribution in [0.2, 0.25) is 25.7 Å². The first kappa shape index (κ1) is 29.0. The second-order valence-electron chi connectivity index (χ2n) is 11.3. The highest BCUT2D eigenvalue weighted by Gasteiger charge is 2.37. The molecule has 1 aliphatic rings. The third-order valence-electron chi connectivity index (χ3n) is 7.10. The lowest BCUT2D eigenvalue weighted by molar-refractivity contribution is 0.0802. The lowest BCUT2D eigenvalue weighted by atomic mass is 9.82. The molecule has 0 spiro atoms. The first-order valence-corrected chi connectivity index (χ1v) is 18.5. The van der Waals surface area contributed by atoms with Crippen molar-refractivity contribution < 1.29 is 23.0 Å². The Morgan fingerprint density at radius 2 is 1.79 bits per heavy atom. The zero-order valence-corrected chi connectivity index (χ0v) is 25.4. The van der Waals surface area contributed by atoms with Gasteiger partial charge in [-0.2, -0.15) is 0 Å². The fourth-order valence-corrected chi connectivity index (χ4v) is 7.30. The van der Waals surface area contributed by atoms with Gasteiger partial charge in [0.25, 0.3) is 0 Å². The maximum Gasteiger partial charge on any atom is 0.246 e. The van der Waals surface area contributed by atoms with Crippen molar-refractivity contribution in [2.45, 2.75) is 58.0 Å². The highest BCUT2D eigenvalue weighted by atomic mass is 32.2. The Balaban J connectivity index is 1.95. The van der Waals surface area contributed by atoms with Gasteiger partial charge in [0.05, 0.1) is 26.1 Å². The zero-order valence-electron chi connectivity index (χ0n) is 23.6. The number of aliphatic hydroxyl groups is 1. The number of sulfonamides is 1. The predicted octanol–water partition coefficient (Wildman–Crippen LogP) is 4.29. The van der Waals surface area contributed by atoms with E-state index in [2.05, 4.69) is 34.8 Å². The fourth-order valence-electron chi connectivity index (χ4n) is 4.63. The minimum Gasteiger partial charge on any atom is -0.494 e. The minimum absolute atomic E-state index is 0.000253. The molecule has 1 N–H and O–H groups in total. The van der Waals surface area contributed by atoms with Crippen molar-refractivity contribution in [1.82, 2.24) is 19.7 Å². The topological polar surface area (TPSA) is 120 Å². The number of aromatic nitrogens is 4. The molecule has 0 amide bonds. The minimum atomic E-state index is -3.98. The van der Waals surface area contributed by atoms with E-state index in [0.29, 0.717) is 34.6 Å². The lowest BCUT2D eigenvalue weighted by Crippen LogP contribution is -2.43. The van der Waals surface area contributed by atoms with Gasteiger partial charge in [-0.3, -0.25) is 9.55 Å². The number of aryl methyl sites for hydroxylation is 1. The van der Waals surface area contributed by atoms with Crippen molar-refractivity contribution >= 4 is 24.0 Å². The summed E-state index contributed by atoms with van der Waals surface area (Å²) in [6, 6.07) is 7.97. The molecule has 1 aliphatic carbocycles. The number of benzene rings is 1. The van der Waals surface area contributed by atoms with Crippen LogP contribution in [0.1, 0.15) is 24.8 Å². The number of anilines is 1. The number of rotatable bonds is 12. The van der Waals surface area contributed by atoms with Crippen molar-refractivity contribution in [3.05, 3.63) is 42.2 Å². The van der Waals surface area contributed by atoms with Gasteiger partial charge >= 0.3 is 0 Å². The van der Waals surface area contributed by atoms with Crippen LogP contribution < -0.4 is 13.8 Å². The maximum atomic E-state index is 14.0. The average Bonchev–Trinajstić information content (AvgIpc) is 3.25. The van der Waals surface area contributed by atoms with Crippen molar-refractivity contribution in [2.75, 3.05) is 30.8 Å². The largest absolute Gasteiger partial charge is 0.494 e. The van der Waals surface area contributed by atoms with Crippen LogP contribution in [-0.4, -0.2) is 74.0 Å². The Hall–Kier alpha value is -2.96. The van der Waals surface area contributed by atoms with Gasteiger partial charge in [-0.05, 0) is 55.5 Å². The standard InChI is InChI=1S/C27H39N5O5SSi/c1-19-15-21(17-28-16-19)26-29-30-27(32(26)25-23(36-2)11-8-12-24(25)37-3)31(13-14-39(4,5)6)38(34,35)18-22(33)20-9-7-10-20/h8,11-12,15-17,20,22,33H,7,9-10,13-14,18H2,1-6H3. The summed E-state index contributed by atoms with van der Waals surface area (Å²) < 4.78 is 42.4. The molecule has 1 atom stereocenters. The Morgan fingerprint density at radius 1 is 1.13 bits per heavy atom. The van der Waals surface area contributed by atoms with Gasteiger partial charge in [-0.25, -0.2) is 12.7 Å². The molecule has 2 heterocycles. The summed E-state index contributed by atoms with van der Waals surface area (Å²) in [5.41, 5.74) is 2.06. The fraction of sp³-hybridized carbons (Fsp3) is 0.519. The normalized spacial score (nSPS) is 15.1. The zero-order chi connectivity index (χ0) is 28.4. The number of methoxy groups -OCH3 is 2. The SMILES string of the molecule is COc1cccc(OC)c1-n1c(-c2cncc(C)c2)nnc1N(CC[Si](C)(C)C)S(=O)(=O)CC(O)C1CCC1. The second-order valence-corrected chi connectivity index (χ2v) is 18.9. The molecule has 1 unspecified atom stereocenters. The Labute approximate surface area is 232 Å². The van der Waals surface area contributed by atoms with Crippen molar-refractivity contribution in [3.63, 3.8) is 0 Å². The van der Waals surface area contributed by atoms with Crippen LogP contribution in [0.4, 0.5) is 5.95 Å². The molecule has 0 aliphatic heterocycles. The predicted molar refractivity (Wildman–Crippen MR) is 155 cm³/mol. The molecule has 1 aromatic carbocycles. The van der Waals surface area contributed by atoms with Crippen LogP contribution in [0.5, 0.6) is 11.5 Å². The number of hydrogen-bond acceptors (Lipinski definition) is 8. The summed E-state index contributed by atoms with van der Waals surface area (Å²) in [6.45, 7) is 8.72. The number of hydrogen-bond donors (Lipinski definition) is 1. The van der Waals surface area contributed by atoms with Crippen LogP contribution in [0.25, 0.3) is 17.1 Å². The Kier molecular flexibility index (Phi) is 8.67. The summed E-state index contributed by atoms with van der Waals surface area (Å²) in [7, 11) is -2.56. The molecule has 212 valence electrons. The highest BCUT2D eigenvalue weighted by Crippen LogP contribution is 2.39. The van der Waals surface area contributed by atoms with Gasteiger partial charge in [0, 0.05) is 32.6 Å². The van der Waals surface area contributed by atoms with Crippen molar-refractivity contribution in [2.24, 2.45) is 5.92 Å². The van der Waals surface area contributed by atoms with E-state index in [0.717, 1.165) is 24.8 Å². The van der Waals surface area contributed by atoms with E-state index in [1.807, 2.05) is 13.0 Å². The molecule has 1 saturated carbocycles. The van der Waals surface area contributed by atoms with Crippen LogP contribution in [0.3, 0.4) is 0 Å². The van der Waals surface area contributed by atoms with E-state index < -0.39 is 24.2 Å². The Morgan fingerprint density at radius 3 is 2.33 bits per heavy atom. The van der Waals surface area contributed by atoms with Gasteiger partial charge in [0.2, 0.25) is 16.0 Å². The molecular weight excluding hydrogens is 534 g/mol. The third-order valence-corrected chi connectivity index (χ3v) is 10.6. The number of para-hydroxylation sites is 1.